The fourth-order valence-corrected chi connectivity index (χ4v) is 5.25. The van der Waals surface area contributed by atoms with E-state index >= 15 is 0 Å². The normalized spacial score (nSPS) is 16.6. The molecule has 15 heteroatoms. The molecule has 0 unspecified atom stereocenters. The van der Waals surface area contributed by atoms with Crippen LogP contribution in [0.15, 0.2) is 36.4 Å². The summed E-state index contributed by atoms with van der Waals surface area (Å²) in [4.78, 5) is 82.0. The average Bonchev–Trinajstić information content (AvgIpc) is 3.29. The van der Waals surface area contributed by atoms with Crippen molar-refractivity contribution in [1.82, 2.24) is 9.80 Å². The van der Waals surface area contributed by atoms with Gasteiger partial charge in [-0.1, -0.05) is 6.07 Å². The number of nitrogens with zero attached hydrogens (tertiary/aromatic N) is 4. The van der Waals surface area contributed by atoms with E-state index in [0.29, 0.717) is 22.7 Å². The van der Waals surface area contributed by atoms with Crippen LogP contribution < -0.4 is 10.2 Å². The van der Waals surface area contributed by atoms with E-state index in [-0.39, 0.29) is 35.9 Å². The number of amides is 5. The quantitative estimate of drug-likeness (QED) is 0.325. The Morgan fingerprint density at radius 3 is 2.24 bits per heavy atom. The molecule has 50 heavy (non-hydrogen) atoms. The summed E-state index contributed by atoms with van der Waals surface area (Å²) in [6.45, 7) is 10.9. The number of imide groups is 1. The van der Waals surface area contributed by atoms with E-state index in [9.17, 15) is 34.0 Å². The molecule has 5 amide bonds. The summed E-state index contributed by atoms with van der Waals surface area (Å²) in [5.41, 5.74) is 0.108. The first kappa shape index (κ1) is 37.3. The molecule has 2 aliphatic heterocycles. The minimum Gasteiger partial charge on any atom is -0.449 e. The molecule has 0 saturated carbocycles. The molecule has 2 aliphatic rings. The Hall–Kier alpha value is -5.49. The van der Waals surface area contributed by atoms with Crippen molar-refractivity contribution >= 4 is 47.3 Å². The van der Waals surface area contributed by atoms with E-state index < -0.39 is 59.9 Å². The van der Waals surface area contributed by atoms with Gasteiger partial charge in [0.15, 0.2) is 6.10 Å². The number of esters is 1. The highest BCUT2D eigenvalue weighted by Gasteiger charge is 2.43. The lowest BCUT2D eigenvalue weighted by Gasteiger charge is -2.35. The van der Waals surface area contributed by atoms with Crippen LogP contribution in [0, 0.1) is 11.3 Å². The van der Waals surface area contributed by atoms with Crippen LogP contribution in [0.25, 0.3) is 0 Å². The first-order valence-electron chi connectivity index (χ1n) is 15.8. The Kier molecular flexibility index (Phi) is 10.9. The first-order valence-corrected chi connectivity index (χ1v) is 15.8. The molecule has 1 saturated heterocycles. The Morgan fingerprint density at radius 1 is 1.02 bits per heavy atom. The average molecular weight is 692 g/mol. The van der Waals surface area contributed by atoms with Crippen molar-refractivity contribution in [2.75, 3.05) is 30.4 Å². The number of nitrogens with one attached hydrogen (secondary N) is 1. The maximum Gasteiger partial charge on any atom is 0.420 e. The van der Waals surface area contributed by atoms with Crippen LogP contribution in [0.4, 0.5) is 21.0 Å². The summed E-state index contributed by atoms with van der Waals surface area (Å²) in [5.74, 6) is -2.62. The molecular weight excluding hydrogens is 650 g/mol. The zero-order valence-corrected chi connectivity index (χ0v) is 29.3. The minimum absolute atomic E-state index is 0.00142. The van der Waals surface area contributed by atoms with Crippen LogP contribution in [0.3, 0.4) is 0 Å². The van der Waals surface area contributed by atoms with E-state index in [0.717, 1.165) is 12.5 Å². The summed E-state index contributed by atoms with van der Waals surface area (Å²) in [5, 5.41) is 12.4. The molecule has 2 aromatic rings. The highest BCUT2D eigenvalue weighted by atomic mass is 16.6. The van der Waals surface area contributed by atoms with E-state index in [1.807, 2.05) is 6.07 Å². The SMILES string of the molecule is CC(=O)O[C@@H](C(=O)Nc1ccc(C#N)c(CN(C(=O)OC(C)(C)C)C(=O)OC(C)(C)C)c1)[C@H]1OCCN(c2ccc3c(c2)C(=O)N(C)C3)C1=O. The maximum absolute atomic E-state index is 13.7. The Labute approximate surface area is 290 Å². The maximum atomic E-state index is 13.7. The number of benzene rings is 2. The molecule has 0 spiro atoms. The lowest BCUT2D eigenvalue weighted by atomic mass is 10.0. The van der Waals surface area contributed by atoms with Gasteiger partial charge in [-0.15, -0.1) is 0 Å². The molecule has 0 radical (unpaired) electrons. The van der Waals surface area contributed by atoms with Gasteiger partial charge in [-0.3, -0.25) is 19.2 Å². The fourth-order valence-electron chi connectivity index (χ4n) is 5.25. The molecule has 0 aromatic heterocycles. The largest absolute Gasteiger partial charge is 0.449 e. The minimum atomic E-state index is -1.73. The van der Waals surface area contributed by atoms with Gasteiger partial charge in [0, 0.05) is 44.0 Å². The second kappa shape index (κ2) is 14.6. The van der Waals surface area contributed by atoms with Crippen molar-refractivity contribution in [3.05, 3.63) is 58.7 Å². The van der Waals surface area contributed by atoms with Crippen LogP contribution in [0.1, 0.15) is 75.5 Å². The molecule has 2 aromatic carbocycles. The number of ether oxygens (including phenoxy) is 4. The number of anilines is 2. The highest BCUT2D eigenvalue weighted by molar-refractivity contribution is 6.06. The second-order valence-corrected chi connectivity index (χ2v) is 13.8. The number of rotatable bonds is 7. The van der Waals surface area contributed by atoms with Gasteiger partial charge in [-0.25, -0.2) is 14.5 Å². The number of fused-ring (bicyclic) bond motifs is 1. The molecule has 266 valence electrons. The third-order valence-corrected chi connectivity index (χ3v) is 7.39. The zero-order valence-electron chi connectivity index (χ0n) is 29.3. The first-order chi connectivity index (χ1) is 23.3. The number of morpholine rings is 1. The van der Waals surface area contributed by atoms with Crippen LogP contribution in [-0.2, 0) is 46.4 Å². The van der Waals surface area contributed by atoms with Gasteiger partial charge in [-0.05, 0) is 83.0 Å². The van der Waals surface area contributed by atoms with Crippen molar-refractivity contribution in [3.63, 3.8) is 0 Å². The summed E-state index contributed by atoms with van der Waals surface area (Å²) >= 11 is 0. The number of nitriles is 1. The molecule has 4 rings (SSSR count). The number of hydrogen-bond acceptors (Lipinski definition) is 11. The second-order valence-electron chi connectivity index (χ2n) is 13.8. The molecular formula is C35H41N5O10. The number of hydrogen-bond donors (Lipinski definition) is 1. The highest BCUT2D eigenvalue weighted by Crippen LogP contribution is 2.29. The van der Waals surface area contributed by atoms with Gasteiger partial charge in [-0.2, -0.15) is 5.26 Å². The summed E-state index contributed by atoms with van der Waals surface area (Å²) in [6.07, 6.45) is -5.30. The molecule has 1 N–H and O–H groups in total. The molecule has 0 bridgehead atoms. The van der Waals surface area contributed by atoms with Crippen molar-refractivity contribution < 1.29 is 47.7 Å². The van der Waals surface area contributed by atoms with Gasteiger partial charge in [0.1, 0.15) is 11.2 Å². The standard InChI is InChI=1S/C35H41N5O10/c1-20(41)48-27(28-31(44)39(13-14-47-28)25-12-10-22-18-38(8)30(43)26(22)16-25)29(42)37-24-11-9-21(17-36)23(15-24)19-40(32(45)49-34(2,3)4)33(46)50-35(5,6)7/h9-12,15-16,27-28H,13-14,18-19H2,1-8H3,(H,37,42)/t27-,28-/m1/s1. The van der Waals surface area contributed by atoms with Crippen LogP contribution in [-0.4, -0.2) is 89.3 Å². The van der Waals surface area contributed by atoms with Crippen molar-refractivity contribution in [1.29, 1.82) is 5.26 Å². The van der Waals surface area contributed by atoms with E-state index in [1.54, 1.807) is 71.7 Å². The summed E-state index contributed by atoms with van der Waals surface area (Å²) in [6, 6.07) is 11.2. The Balaban J connectivity index is 1.60. The van der Waals surface area contributed by atoms with E-state index in [4.69, 9.17) is 18.9 Å². The van der Waals surface area contributed by atoms with Crippen molar-refractivity contribution in [2.24, 2.45) is 0 Å². The third-order valence-electron chi connectivity index (χ3n) is 7.39. The topological polar surface area (TPSA) is 185 Å². The Morgan fingerprint density at radius 2 is 1.66 bits per heavy atom. The monoisotopic (exact) mass is 691 g/mol. The summed E-state index contributed by atoms with van der Waals surface area (Å²) in [7, 11) is 1.68. The predicted octanol–water partition coefficient (Wildman–Crippen LogP) is 4.12. The van der Waals surface area contributed by atoms with Gasteiger partial charge in [0.25, 0.3) is 17.7 Å². The molecule has 2 atom stereocenters. The Bertz CT molecular complexity index is 1730. The van der Waals surface area contributed by atoms with Gasteiger partial charge in [0.2, 0.25) is 6.10 Å². The summed E-state index contributed by atoms with van der Waals surface area (Å²) < 4.78 is 21.8. The smallest absolute Gasteiger partial charge is 0.420 e. The molecule has 15 nitrogen and oxygen atoms in total. The number of carbonyl (C=O) groups excluding carboxylic acids is 6. The van der Waals surface area contributed by atoms with Crippen LogP contribution in [0.2, 0.25) is 0 Å². The van der Waals surface area contributed by atoms with E-state index in [2.05, 4.69) is 5.32 Å². The lowest BCUT2D eigenvalue weighted by Crippen LogP contribution is -2.56. The van der Waals surface area contributed by atoms with Gasteiger partial charge < -0.3 is 34.1 Å². The van der Waals surface area contributed by atoms with Gasteiger partial charge >= 0.3 is 18.2 Å². The lowest BCUT2D eigenvalue weighted by molar-refractivity contribution is -0.167. The van der Waals surface area contributed by atoms with Gasteiger partial charge in [0.05, 0.1) is 24.8 Å². The number of carbonyl (C=O) groups is 6. The zero-order chi connectivity index (χ0) is 37.1. The predicted molar refractivity (Wildman–Crippen MR) is 178 cm³/mol. The molecule has 1 fully saturated rings. The fraction of sp³-hybridized carbons (Fsp3) is 0.457. The van der Waals surface area contributed by atoms with Crippen molar-refractivity contribution in [2.45, 2.75) is 85.0 Å². The van der Waals surface area contributed by atoms with Crippen LogP contribution >= 0.6 is 0 Å². The van der Waals surface area contributed by atoms with Crippen LogP contribution in [0.5, 0.6) is 0 Å². The molecule has 0 aliphatic carbocycles. The third kappa shape index (κ3) is 8.94. The van der Waals surface area contributed by atoms with E-state index in [1.165, 1.54) is 23.1 Å². The van der Waals surface area contributed by atoms with Crippen molar-refractivity contribution in [3.8, 4) is 6.07 Å². The molecule has 2 heterocycles.